The lowest BCUT2D eigenvalue weighted by atomic mass is 10.2. The summed E-state index contributed by atoms with van der Waals surface area (Å²) in [7, 11) is 0. The molecule has 0 aliphatic heterocycles. The van der Waals surface area contributed by atoms with Crippen molar-refractivity contribution >= 4 is 29.9 Å². The van der Waals surface area contributed by atoms with Crippen LogP contribution in [0.1, 0.15) is 18.1 Å². The lowest BCUT2D eigenvalue weighted by Crippen LogP contribution is -2.33. The Bertz CT molecular complexity index is 1210. The van der Waals surface area contributed by atoms with E-state index in [4.69, 9.17) is 9.47 Å². The third kappa shape index (κ3) is 7.13. The van der Waals surface area contributed by atoms with Crippen LogP contribution in [-0.2, 0) is 9.59 Å². The maximum Gasteiger partial charge on any atom is 0.336 e. The average molecular weight is 459 g/mol. The summed E-state index contributed by atoms with van der Waals surface area (Å²) < 4.78 is 10.6. The van der Waals surface area contributed by atoms with Crippen molar-refractivity contribution in [2.45, 2.75) is 13.0 Å². The van der Waals surface area contributed by atoms with E-state index in [9.17, 15) is 19.7 Å². The largest absolute Gasteiger partial charge is 0.474 e. The lowest BCUT2D eigenvalue weighted by Gasteiger charge is -2.12. The molecule has 172 valence electrons. The number of amides is 1. The number of carbonyl (C=O) groups is 2. The van der Waals surface area contributed by atoms with Gasteiger partial charge in [-0.05, 0) is 54.5 Å². The predicted octanol–water partition coefficient (Wildman–Crippen LogP) is 4.13. The smallest absolute Gasteiger partial charge is 0.336 e. The number of nitrogens with one attached hydrogen (secondary N) is 1. The summed E-state index contributed by atoms with van der Waals surface area (Å²) >= 11 is 0. The van der Waals surface area contributed by atoms with Gasteiger partial charge in [-0.25, -0.2) is 10.2 Å². The molecule has 1 atom stereocenters. The van der Waals surface area contributed by atoms with Gasteiger partial charge in [-0.3, -0.25) is 14.9 Å². The molecule has 3 aromatic rings. The first-order chi connectivity index (χ1) is 16.4. The Hall–Kier alpha value is -4.79. The van der Waals surface area contributed by atoms with E-state index in [2.05, 4.69) is 10.5 Å². The molecule has 3 rings (SSSR count). The monoisotopic (exact) mass is 459 g/mol. The van der Waals surface area contributed by atoms with E-state index in [1.807, 2.05) is 30.3 Å². The minimum absolute atomic E-state index is 0.0112. The molecular weight excluding hydrogens is 438 g/mol. The van der Waals surface area contributed by atoms with E-state index >= 15 is 0 Å². The number of nitro benzene ring substituents is 1. The number of para-hydroxylation sites is 2. The van der Waals surface area contributed by atoms with Crippen molar-refractivity contribution in [3.05, 3.63) is 106 Å². The summed E-state index contributed by atoms with van der Waals surface area (Å²) in [5.41, 5.74) is 3.62. The second-order valence-corrected chi connectivity index (χ2v) is 6.95. The molecule has 0 spiro atoms. The van der Waals surface area contributed by atoms with Crippen molar-refractivity contribution in [3.63, 3.8) is 0 Å². The molecular formula is C25H21N3O6. The molecule has 9 nitrogen and oxygen atoms in total. The van der Waals surface area contributed by atoms with E-state index in [0.29, 0.717) is 11.3 Å². The molecule has 34 heavy (non-hydrogen) atoms. The van der Waals surface area contributed by atoms with Crippen LogP contribution in [0.2, 0.25) is 0 Å². The van der Waals surface area contributed by atoms with Gasteiger partial charge in [0, 0.05) is 12.1 Å². The minimum Gasteiger partial charge on any atom is -0.474 e. The van der Waals surface area contributed by atoms with Crippen molar-refractivity contribution in [1.82, 2.24) is 5.43 Å². The van der Waals surface area contributed by atoms with Crippen LogP contribution in [-0.4, -0.2) is 29.1 Å². The molecule has 0 aromatic heterocycles. The Labute approximate surface area is 195 Å². The van der Waals surface area contributed by atoms with Gasteiger partial charge < -0.3 is 9.47 Å². The Morgan fingerprint density at radius 3 is 2.35 bits per heavy atom. The van der Waals surface area contributed by atoms with Gasteiger partial charge in [0.15, 0.2) is 11.9 Å². The maximum atomic E-state index is 12.2. The number of esters is 1. The van der Waals surface area contributed by atoms with E-state index in [1.54, 1.807) is 36.4 Å². The highest BCUT2D eigenvalue weighted by Crippen LogP contribution is 2.26. The highest BCUT2D eigenvalue weighted by Gasteiger charge is 2.20. The summed E-state index contributed by atoms with van der Waals surface area (Å²) in [4.78, 5) is 34.6. The van der Waals surface area contributed by atoms with Crippen LogP contribution in [0.3, 0.4) is 0 Å². The molecule has 0 unspecified atom stereocenters. The molecule has 0 saturated heterocycles. The number of benzene rings is 3. The number of hydrazone groups is 1. The lowest BCUT2D eigenvalue weighted by molar-refractivity contribution is -0.386. The van der Waals surface area contributed by atoms with Crippen LogP contribution in [0.15, 0.2) is 90.0 Å². The van der Waals surface area contributed by atoms with Crippen molar-refractivity contribution in [2.75, 3.05) is 0 Å². The van der Waals surface area contributed by atoms with Crippen LogP contribution in [0.25, 0.3) is 6.08 Å². The fourth-order valence-electron chi connectivity index (χ4n) is 2.71. The average Bonchev–Trinajstić information content (AvgIpc) is 2.84. The van der Waals surface area contributed by atoms with Gasteiger partial charge in [-0.1, -0.05) is 42.5 Å². The number of nitrogens with zero attached hydrogens (tertiary/aromatic N) is 2. The van der Waals surface area contributed by atoms with Gasteiger partial charge in [0.2, 0.25) is 0 Å². The zero-order valence-electron chi connectivity index (χ0n) is 18.2. The maximum absolute atomic E-state index is 12.2. The molecule has 0 bridgehead atoms. The SMILES string of the molecule is C[C@H](Oc1ccccc1[N+](=O)[O-])C(=O)N/N=C\c1ccc(OC(=O)/C=C/c2ccccc2)cc1. The zero-order chi connectivity index (χ0) is 24.3. The van der Waals surface area contributed by atoms with Crippen LogP contribution < -0.4 is 14.9 Å². The van der Waals surface area contributed by atoms with Gasteiger partial charge in [0.25, 0.3) is 5.91 Å². The van der Waals surface area contributed by atoms with E-state index in [0.717, 1.165) is 5.56 Å². The molecule has 0 fully saturated rings. The fraction of sp³-hybridized carbons (Fsp3) is 0.0800. The third-order valence-corrected chi connectivity index (χ3v) is 4.43. The van der Waals surface area contributed by atoms with Crippen molar-refractivity contribution < 1.29 is 24.0 Å². The zero-order valence-corrected chi connectivity index (χ0v) is 18.2. The van der Waals surface area contributed by atoms with Crippen molar-refractivity contribution in [2.24, 2.45) is 5.10 Å². The molecule has 1 N–H and O–H groups in total. The van der Waals surface area contributed by atoms with Gasteiger partial charge in [-0.15, -0.1) is 0 Å². The molecule has 1 amide bonds. The number of hydrogen-bond acceptors (Lipinski definition) is 7. The number of carbonyl (C=O) groups excluding carboxylic acids is 2. The summed E-state index contributed by atoms with van der Waals surface area (Å²) in [6.07, 6.45) is 3.39. The molecule has 0 saturated carbocycles. The van der Waals surface area contributed by atoms with E-state index in [-0.39, 0.29) is 11.4 Å². The highest BCUT2D eigenvalue weighted by molar-refractivity contribution is 5.89. The Kier molecular flexibility index (Phi) is 8.23. The van der Waals surface area contributed by atoms with Crippen molar-refractivity contribution in [1.29, 1.82) is 0 Å². The molecule has 0 heterocycles. The minimum atomic E-state index is -1.01. The van der Waals surface area contributed by atoms with Gasteiger partial charge in [0.05, 0.1) is 11.1 Å². The summed E-state index contributed by atoms with van der Waals surface area (Å²) in [6, 6.07) is 21.7. The summed E-state index contributed by atoms with van der Waals surface area (Å²) in [6.45, 7) is 1.46. The van der Waals surface area contributed by atoms with Gasteiger partial charge in [0.1, 0.15) is 5.75 Å². The van der Waals surface area contributed by atoms with E-state index in [1.165, 1.54) is 37.4 Å². The Morgan fingerprint density at radius 1 is 0.971 bits per heavy atom. The second kappa shape index (κ2) is 11.7. The number of hydrogen-bond donors (Lipinski definition) is 1. The molecule has 3 aromatic carbocycles. The summed E-state index contributed by atoms with van der Waals surface area (Å²) in [5, 5.41) is 14.9. The molecule has 0 radical (unpaired) electrons. The number of rotatable bonds is 9. The van der Waals surface area contributed by atoms with Gasteiger partial charge >= 0.3 is 11.7 Å². The third-order valence-electron chi connectivity index (χ3n) is 4.43. The van der Waals surface area contributed by atoms with Crippen LogP contribution >= 0.6 is 0 Å². The molecule has 9 heteroatoms. The van der Waals surface area contributed by atoms with Crippen LogP contribution in [0.5, 0.6) is 11.5 Å². The first kappa shape index (κ1) is 23.9. The molecule has 0 aliphatic carbocycles. The first-order valence-corrected chi connectivity index (χ1v) is 10.2. The van der Waals surface area contributed by atoms with Crippen LogP contribution in [0, 0.1) is 10.1 Å². The number of ether oxygens (including phenoxy) is 2. The Morgan fingerprint density at radius 2 is 1.65 bits per heavy atom. The molecule has 0 aliphatic rings. The topological polar surface area (TPSA) is 120 Å². The predicted molar refractivity (Wildman–Crippen MR) is 126 cm³/mol. The highest BCUT2D eigenvalue weighted by atomic mass is 16.6. The second-order valence-electron chi connectivity index (χ2n) is 6.95. The normalized spacial score (nSPS) is 11.8. The summed E-state index contributed by atoms with van der Waals surface area (Å²) in [5.74, 6) is -0.742. The van der Waals surface area contributed by atoms with Gasteiger partial charge in [-0.2, -0.15) is 5.10 Å². The standard InChI is InChI=1S/C25H21N3O6/c1-18(33-23-10-6-5-9-22(23)28(31)32)25(30)27-26-17-20-11-14-21(15-12-20)34-24(29)16-13-19-7-3-2-4-8-19/h2-18H,1H3,(H,27,30)/b16-13+,26-17-/t18-/m0/s1. The Balaban J connectivity index is 1.49. The van der Waals surface area contributed by atoms with E-state index < -0.39 is 22.9 Å². The first-order valence-electron chi connectivity index (χ1n) is 10.2. The number of nitro groups is 1. The van der Waals surface area contributed by atoms with Crippen molar-refractivity contribution in [3.8, 4) is 11.5 Å². The quantitative estimate of drug-likeness (QED) is 0.128. The fourth-order valence-corrected chi connectivity index (χ4v) is 2.71. The van der Waals surface area contributed by atoms with Crippen LogP contribution in [0.4, 0.5) is 5.69 Å².